The molecule has 4 rings (SSSR count). The predicted octanol–water partition coefficient (Wildman–Crippen LogP) is 4.42. The quantitative estimate of drug-likeness (QED) is 0.729. The topological polar surface area (TPSA) is 24.1 Å². The molecule has 0 saturated heterocycles. The summed E-state index contributed by atoms with van der Waals surface area (Å²) in [7, 11) is 0. The second-order valence-corrected chi connectivity index (χ2v) is 5.57. The van der Waals surface area contributed by atoms with Gasteiger partial charge < -0.3 is 5.32 Å². The molecule has 1 atom stereocenters. The van der Waals surface area contributed by atoms with Gasteiger partial charge in [-0.1, -0.05) is 72.8 Å². The molecule has 3 aromatic rings. The van der Waals surface area contributed by atoms with Gasteiger partial charge in [0.15, 0.2) is 0 Å². The van der Waals surface area contributed by atoms with Crippen LogP contribution in [0.1, 0.15) is 17.2 Å². The van der Waals surface area contributed by atoms with E-state index in [9.17, 15) is 0 Å². The van der Waals surface area contributed by atoms with Crippen molar-refractivity contribution in [1.82, 2.24) is 5.32 Å². The highest BCUT2D eigenvalue weighted by atomic mass is 15.1. The average molecular weight is 286 g/mol. The highest BCUT2D eigenvalue weighted by Crippen LogP contribution is 2.31. The van der Waals surface area contributed by atoms with Crippen LogP contribution in [0.4, 0.5) is 5.69 Å². The lowest BCUT2D eigenvalue weighted by Gasteiger charge is -2.28. The van der Waals surface area contributed by atoms with E-state index >= 15 is 0 Å². The summed E-state index contributed by atoms with van der Waals surface area (Å²) in [5.41, 5.74) is 6.34. The number of fused-ring (bicyclic) bond motifs is 1. The zero-order valence-corrected chi connectivity index (χ0v) is 12.3. The lowest BCUT2D eigenvalue weighted by molar-refractivity contribution is 0.616. The van der Waals surface area contributed by atoms with E-state index in [0.29, 0.717) is 0 Å². The van der Waals surface area contributed by atoms with Gasteiger partial charge in [-0.15, -0.1) is 0 Å². The van der Waals surface area contributed by atoms with E-state index in [4.69, 9.17) is 0 Å². The van der Waals surface area contributed by atoms with Crippen molar-refractivity contribution >= 4 is 5.69 Å². The number of para-hydroxylation sites is 1. The predicted molar refractivity (Wildman–Crippen MR) is 91.8 cm³/mol. The summed E-state index contributed by atoms with van der Waals surface area (Å²) in [6.07, 6.45) is 0. The normalized spacial score (nSPS) is 16.6. The summed E-state index contributed by atoms with van der Waals surface area (Å²) in [4.78, 5) is 0. The van der Waals surface area contributed by atoms with Gasteiger partial charge in [0, 0.05) is 5.69 Å². The maximum Gasteiger partial charge on any atom is 0.0660 e. The Bertz CT molecular complexity index is 763. The molecular formula is C20H18N2. The first-order chi connectivity index (χ1) is 10.9. The molecule has 2 heteroatoms. The Kier molecular flexibility index (Phi) is 3.37. The van der Waals surface area contributed by atoms with Gasteiger partial charge in [-0.2, -0.15) is 0 Å². The van der Waals surface area contributed by atoms with Crippen LogP contribution < -0.4 is 10.6 Å². The van der Waals surface area contributed by atoms with Crippen LogP contribution in [0.15, 0.2) is 78.9 Å². The summed E-state index contributed by atoms with van der Waals surface area (Å²) < 4.78 is 0. The third-order valence-corrected chi connectivity index (χ3v) is 4.21. The number of hydrogen-bond acceptors (Lipinski definition) is 2. The Morgan fingerprint density at radius 1 is 0.682 bits per heavy atom. The van der Waals surface area contributed by atoms with Gasteiger partial charge in [0.05, 0.1) is 12.7 Å². The molecular weight excluding hydrogens is 268 g/mol. The Morgan fingerprint density at radius 2 is 1.36 bits per heavy atom. The minimum atomic E-state index is 0.252. The van der Waals surface area contributed by atoms with Crippen molar-refractivity contribution in [3.05, 3.63) is 90.0 Å². The molecule has 1 unspecified atom stereocenters. The summed E-state index contributed by atoms with van der Waals surface area (Å²) in [5.74, 6) is 0. The van der Waals surface area contributed by atoms with Gasteiger partial charge in [-0.25, -0.2) is 0 Å². The largest absolute Gasteiger partial charge is 0.372 e. The highest BCUT2D eigenvalue weighted by Gasteiger charge is 2.20. The molecule has 0 spiro atoms. The number of rotatable bonds is 2. The molecule has 0 fully saturated rings. The van der Waals surface area contributed by atoms with Crippen molar-refractivity contribution in [2.75, 3.05) is 12.0 Å². The molecule has 3 aromatic carbocycles. The SMILES string of the molecule is c1ccc(-c2ccc(C3NCNc4ccccc43)cc2)cc1. The maximum atomic E-state index is 3.54. The molecule has 0 aliphatic carbocycles. The first-order valence-electron chi connectivity index (χ1n) is 7.63. The van der Waals surface area contributed by atoms with Crippen LogP contribution in [0.25, 0.3) is 11.1 Å². The lowest BCUT2D eigenvalue weighted by Crippen LogP contribution is -2.33. The van der Waals surface area contributed by atoms with Crippen molar-refractivity contribution in [2.24, 2.45) is 0 Å². The van der Waals surface area contributed by atoms with Gasteiger partial charge in [0.1, 0.15) is 0 Å². The minimum absolute atomic E-state index is 0.252. The third-order valence-electron chi connectivity index (χ3n) is 4.21. The van der Waals surface area contributed by atoms with Crippen molar-refractivity contribution in [3.63, 3.8) is 0 Å². The monoisotopic (exact) mass is 286 g/mol. The van der Waals surface area contributed by atoms with Crippen LogP contribution in [0, 0.1) is 0 Å². The van der Waals surface area contributed by atoms with Gasteiger partial charge in [-0.05, 0) is 28.3 Å². The average Bonchev–Trinajstić information content (AvgIpc) is 2.62. The van der Waals surface area contributed by atoms with E-state index in [0.717, 1.165) is 6.67 Å². The summed E-state index contributed by atoms with van der Waals surface area (Å²) in [6, 6.07) is 28.1. The number of anilines is 1. The first kappa shape index (κ1) is 13.1. The molecule has 0 saturated carbocycles. The zero-order valence-electron chi connectivity index (χ0n) is 12.3. The van der Waals surface area contributed by atoms with E-state index in [2.05, 4.69) is 83.4 Å². The van der Waals surface area contributed by atoms with Crippen LogP contribution in [-0.4, -0.2) is 6.67 Å². The van der Waals surface area contributed by atoms with E-state index in [1.165, 1.54) is 27.9 Å². The smallest absolute Gasteiger partial charge is 0.0660 e. The van der Waals surface area contributed by atoms with E-state index in [1.807, 2.05) is 6.07 Å². The molecule has 1 aliphatic rings. The van der Waals surface area contributed by atoms with Crippen molar-refractivity contribution in [2.45, 2.75) is 6.04 Å². The second kappa shape index (κ2) is 5.66. The van der Waals surface area contributed by atoms with Crippen LogP contribution in [0.2, 0.25) is 0 Å². The fourth-order valence-electron chi connectivity index (χ4n) is 3.06. The Labute approximate surface area is 130 Å². The molecule has 0 bridgehead atoms. The van der Waals surface area contributed by atoms with Gasteiger partial charge in [0.2, 0.25) is 0 Å². The summed E-state index contributed by atoms with van der Waals surface area (Å²) >= 11 is 0. The molecule has 22 heavy (non-hydrogen) atoms. The van der Waals surface area contributed by atoms with Crippen molar-refractivity contribution in [3.8, 4) is 11.1 Å². The Hall–Kier alpha value is -2.58. The first-order valence-corrected chi connectivity index (χ1v) is 7.63. The number of nitrogens with one attached hydrogen (secondary N) is 2. The molecule has 1 heterocycles. The number of hydrogen-bond donors (Lipinski definition) is 2. The third kappa shape index (κ3) is 2.38. The van der Waals surface area contributed by atoms with E-state index in [1.54, 1.807) is 0 Å². The Morgan fingerprint density at radius 3 is 2.18 bits per heavy atom. The molecule has 0 amide bonds. The van der Waals surface area contributed by atoms with E-state index in [-0.39, 0.29) is 6.04 Å². The minimum Gasteiger partial charge on any atom is -0.372 e. The molecule has 108 valence electrons. The van der Waals surface area contributed by atoms with Gasteiger partial charge >= 0.3 is 0 Å². The van der Waals surface area contributed by atoms with Crippen LogP contribution in [-0.2, 0) is 0 Å². The fraction of sp³-hybridized carbons (Fsp3) is 0.100. The lowest BCUT2D eigenvalue weighted by atomic mass is 9.94. The molecule has 0 aromatic heterocycles. The molecule has 2 nitrogen and oxygen atoms in total. The van der Waals surface area contributed by atoms with Gasteiger partial charge in [-0.3, -0.25) is 5.32 Å². The van der Waals surface area contributed by atoms with Crippen LogP contribution >= 0.6 is 0 Å². The Balaban J connectivity index is 1.67. The second-order valence-electron chi connectivity index (χ2n) is 5.57. The van der Waals surface area contributed by atoms with Crippen molar-refractivity contribution in [1.29, 1.82) is 0 Å². The zero-order chi connectivity index (χ0) is 14.8. The molecule has 2 N–H and O–H groups in total. The summed E-state index contributed by atoms with van der Waals surface area (Å²) in [5, 5.41) is 6.93. The standard InChI is InChI=1S/C20H18N2/c1-2-6-15(7-3-1)16-10-12-17(13-11-16)20-18-8-4-5-9-19(18)21-14-22-20/h1-13,20-22H,14H2. The van der Waals surface area contributed by atoms with E-state index < -0.39 is 0 Å². The summed E-state index contributed by atoms with van der Waals surface area (Å²) in [6.45, 7) is 0.794. The fourth-order valence-corrected chi connectivity index (χ4v) is 3.06. The molecule has 1 aliphatic heterocycles. The van der Waals surface area contributed by atoms with Crippen LogP contribution in [0.5, 0.6) is 0 Å². The molecule has 0 radical (unpaired) electrons. The number of benzene rings is 3. The highest BCUT2D eigenvalue weighted by molar-refractivity contribution is 5.64. The maximum absolute atomic E-state index is 3.54. The van der Waals surface area contributed by atoms with Crippen molar-refractivity contribution < 1.29 is 0 Å². The van der Waals surface area contributed by atoms with Crippen LogP contribution in [0.3, 0.4) is 0 Å². The van der Waals surface area contributed by atoms with Gasteiger partial charge in [0.25, 0.3) is 0 Å².